The van der Waals surface area contributed by atoms with Crippen molar-refractivity contribution in [1.82, 2.24) is 0 Å². The molecule has 0 radical (unpaired) electrons. The van der Waals surface area contributed by atoms with Gasteiger partial charge in [-0.25, -0.2) is 0 Å². The number of para-hydroxylation sites is 1. The molecular formula is C18H17BrN2O2. The van der Waals surface area contributed by atoms with Gasteiger partial charge in [0, 0.05) is 22.9 Å². The maximum atomic E-state index is 12.5. The second-order valence-corrected chi connectivity index (χ2v) is 6.59. The molecule has 1 fully saturated rings. The van der Waals surface area contributed by atoms with Crippen LogP contribution in [-0.2, 0) is 9.59 Å². The average molecular weight is 373 g/mol. The lowest BCUT2D eigenvalue weighted by Gasteiger charge is -2.17. The zero-order valence-corrected chi connectivity index (χ0v) is 14.3. The standard InChI is InChI=1S/C18H17BrN2O2/c1-21(14-5-3-2-4-6-14)18(23)16-11-15(16)17(22)20-13-9-7-12(19)8-10-13/h2-10,15-16H,11H2,1H3,(H,20,22). The van der Waals surface area contributed by atoms with Gasteiger partial charge in [0.15, 0.2) is 0 Å². The number of anilines is 2. The molecule has 2 aromatic carbocycles. The van der Waals surface area contributed by atoms with E-state index in [-0.39, 0.29) is 23.7 Å². The predicted molar refractivity (Wildman–Crippen MR) is 94.2 cm³/mol. The molecule has 4 nitrogen and oxygen atoms in total. The zero-order chi connectivity index (χ0) is 16.4. The number of rotatable bonds is 4. The van der Waals surface area contributed by atoms with Crippen molar-refractivity contribution in [2.24, 2.45) is 11.8 Å². The smallest absolute Gasteiger partial charge is 0.230 e. The highest BCUT2D eigenvalue weighted by Crippen LogP contribution is 2.41. The Morgan fingerprint density at radius 3 is 2.35 bits per heavy atom. The molecule has 0 spiro atoms. The normalized spacial score (nSPS) is 19.0. The summed E-state index contributed by atoms with van der Waals surface area (Å²) in [6, 6.07) is 16.9. The molecular weight excluding hydrogens is 356 g/mol. The second-order valence-electron chi connectivity index (χ2n) is 5.68. The Morgan fingerprint density at radius 1 is 1.04 bits per heavy atom. The molecule has 0 bridgehead atoms. The molecule has 1 saturated carbocycles. The van der Waals surface area contributed by atoms with E-state index in [2.05, 4.69) is 21.2 Å². The molecule has 118 valence electrons. The first-order valence-electron chi connectivity index (χ1n) is 7.45. The third-order valence-electron chi connectivity index (χ3n) is 4.03. The lowest BCUT2D eigenvalue weighted by Crippen LogP contribution is -2.29. The van der Waals surface area contributed by atoms with Crippen LogP contribution in [0, 0.1) is 11.8 Å². The van der Waals surface area contributed by atoms with Crippen molar-refractivity contribution in [3.8, 4) is 0 Å². The van der Waals surface area contributed by atoms with Crippen LogP contribution in [0.5, 0.6) is 0 Å². The molecule has 2 atom stereocenters. The Hall–Kier alpha value is -2.14. The number of hydrogen-bond acceptors (Lipinski definition) is 2. The number of carbonyl (C=O) groups excluding carboxylic acids is 2. The van der Waals surface area contributed by atoms with Gasteiger partial charge in [0.1, 0.15) is 0 Å². The van der Waals surface area contributed by atoms with E-state index < -0.39 is 0 Å². The van der Waals surface area contributed by atoms with Crippen LogP contribution in [0.25, 0.3) is 0 Å². The highest BCUT2D eigenvalue weighted by atomic mass is 79.9. The van der Waals surface area contributed by atoms with E-state index in [4.69, 9.17) is 0 Å². The fraction of sp³-hybridized carbons (Fsp3) is 0.222. The Bertz CT molecular complexity index is 716. The number of amides is 2. The third kappa shape index (κ3) is 3.62. The number of benzene rings is 2. The maximum absolute atomic E-state index is 12.5. The van der Waals surface area contributed by atoms with E-state index in [1.54, 1.807) is 11.9 Å². The lowest BCUT2D eigenvalue weighted by atomic mass is 10.2. The lowest BCUT2D eigenvalue weighted by molar-refractivity contribution is -0.123. The fourth-order valence-electron chi connectivity index (χ4n) is 2.55. The van der Waals surface area contributed by atoms with Crippen LogP contribution in [-0.4, -0.2) is 18.9 Å². The van der Waals surface area contributed by atoms with Gasteiger partial charge in [-0.1, -0.05) is 34.1 Å². The number of hydrogen-bond donors (Lipinski definition) is 1. The summed E-state index contributed by atoms with van der Waals surface area (Å²) in [5, 5.41) is 2.86. The van der Waals surface area contributed by atoms with Crippen molar-refractivity contribution >= 4 is 39.1 Å². The van der Waals surface area contributed by atoms with Crippen molar-refractivity contribution in [3.63, 3.8) is 0 Å². The molecule has 1 N–H and O–H groups in total. The average Bonchev–Trinajstić information content (AvgIpc) is 3.37. The summed E-state index contributed by atoms with van der Waals surface area (Å²) in [4.78, 5) is 26.3. The molecule has 23 heavy (non-hydrogen) atoms. The molecule has 0 saturated heterocycles. The Labute approximate surface area is 143 Å². The van der Waals surface area contributed by atoms with E-state index in [1.165, 1.54) is 0 Å². The second kappa shape index (κ2) is 6.54. The maximum Gasteiger partial charge on any atom is 0.230 e. The number of halogens is 1. The molecule has 3 rings (SSSR count). The first-order valence-corrected chi connectivity index (χ1v) is 8.24. The van der Waals surface area contributed by atoms with Gasteiger partial charge in [-0.3, -0.25) is 9.59 Å². The highest BCUT2D eigenvalue weighted by molar-refractivity contribution is 9.10. The summed E-state index contributed by atoms with van der Waals surface area (Å²) in [6.45, 7) is 0. The minimum absolute atomic E-state index is 0.00726. The quantitative estimate of drug-likeness (QED) is 0.889. The van der Waals surface area contributed by atoms with Crippen LogP contribution in [0.2, 0.25) is 0 Å². The van der Waals surface area contributed by atoms with Gasteiger partial charge in [-0.05, 0) is 42.8 Å². The summed E-state index contributed by atoms with van der Waals surface area (Å²) < 4.78 is 0.958. The van der Waals surface area contributed by atoms with E-state index in [9.17, 15) is 9.59 Å². The van der Waals surface area contributed by atoms with E-state index in [1.807, 2.05) is 54.6 Å². The molecule has 2 amide bonds. The SMILES string of the molecule is CN(C(=O)C1CC1C(=O)Nc1ccc(Br)cc1)c1ccccc1. The molecule has 0 heterocycles. The van der Waals surface area contributed by atoms with Gasteiger partial charge in [0.2, 0.25) is 11.8 Å². The summed E-state index contributed by atoms with van der Waals surface area (Å²) in [7, 11) is 1.75. The number of nitrogens with one attached hydrogen (secondary N) is 1. The van der Waals surface area contributed by atoms with Gasteiger partial charge in [0.05, 0.1) is 11.8 Å². The van der Waals surface area contributed by atoms with Crippen LogP contribution >= 0.6 is 15.9 Å². The molecule has 1 aliphatic rings. The van der Waals surface area contributed by atoms with Gasteiger partial charge < -0.3 is 10.2 Å². The first-order chi connectivity index (χ1) is 11.1. The van der Waals surface area contributed by atoms with Crippen LogP contribution in [0.3, 0.4) is 0 Å². The molecule has 5 heteroatoms. The van der Waals surface area contributed by atoms with E-state index >= 15 is 0 Å². The van der Waals surface area contributed by atoms with Crippen molar-refractivity contribution in [1.29, 1.82) is 0 Å². The Morgan fingerprint density at radius 2 is 1.70 bits per heavy atom. The predicted octanol–water partition coefficient (Wildman–Crippen LogP) is 3.69. The van der Waals surface area contributed by atoms with Crippen LogP contribution in [0.1, 0.15) is 6.42 Å². The summed E-state index contributed by atoms with van der Waals surface area (Å²) in [5.74, 6) is -0.563. The van der Waals surface area contributed by atoms with Gasteiger partial charge in [-0.15, -0.1) is 0 Å². The monoisotopic (exact) mass is 372 g/mol. The molecule has 2 aromatic rings. The summed E-state index contributed by atoms with van der Waals surface area (Å²) >= 11 is 3.36. The Kier molecular flexibility index (Phi) is 4.48. The van der Waals surface area contributed by atoms with Crippen molar-refractivity contribution in [2.45, 2.75) is 6.42 Å². The summed E-state index contributed by atoms with van der Waals surface area (Å²) in [6.07, 6.45) is 0.609. The molecule has 0 aromatic heterocycles. The molecule has 1 aliphatic carbocycles. The first kappa shape index (κ1) is 15.7. The van der Waals surface area contributed by atoms with Crippen LogP contribution in [0.15, 0.2) is 59.1 Å². The largest absolute Gasteiger partial charge is 0.326 e. The fourth-order valence-corrected chi connectivity index (χ4v) is 2.82. The minimum atomic E-state index is -0.239. The number of nitrogens with zero attached hydrogens (tertiary/aromatic N) is 1. The minimum Gasteiger partial charge on any atom is -0.326 e. The zero-order valence-electron chi connectivity index (χ0n) is 12.7. The highest BCUT2D eigenvalue weighted by Gasteiger charge is 2.49. The van der Waals surface area contributed by atoms with E-state index in [0.29, 0.717) is 6.42 Å². The molecule has 0 aliphatic heterocycles. The van der Waals surface area contributed by atoms with Crippen molar-refractivity contribution in [2.75, 3.05) is 17.3 Å². The number of carbonyl (C=O) groups is 2. The van der Waals surface area contributed by atoms with Gasteiger partial charge in [0.25, 0.3) is 0 Å². The van der Waals surface area contributed by atoms with Gasteiger partial charge >= 0.3 is 0 Å². The molecule has 2 unspecified atom stereocenters. The summed E-state index contributed by atoms with van der Waals surface area (Å²) in [5.41, 5.74) is 1.59. The van der Waals surface area contributed by atoms with Crippen molar-refractivity contribution < 1.29 is 9.59 Å². The third-order valence-corrected chi connectivity index (χ3v) is 4.56. The van der Waals surface area contributed by atoms with Gasteiger partial charge in [-0.2, -0.15) is 0 Å². The topological polar surface area (TPSA) is 49.4 Å². The van der Waals surface area contributed by atoms with Crippen LogP contribution < -0.4 is 10.2 Å². The van der Waals surface area contributed by atoms with Crippen molar-refractivity contribution in [3.05, 3.63) is 59.1 Å². The Balaban J connectivity index is 1.59. The van der Waals surface area contributed by atoms with Crippen LogP contribution in [0.4, 0.5) is 11.4 Å². The van der Waals surface area contributed by atoms with E-state index in [0.717, 1.165) is 15.8 Å².